The zero-order valence-corrected chi connectivity index (χ0v) is 20.5. The van der Waals surface area contributed by atoms with Crippen molar-refractivity contribution in [3.63, 3.8) is 0 Å². The van der Waals surface area contributed by atoms with Gasteiger partial charge in [-0.1, -0.05) is 41.4 Å². The minimum Gasteiger partial charge on any atom is -0.489 e. The van der Waals surface area contributed by atoms with Gasteiger partial charge in [0.15, 0.2) is 0 Å². The Hall–Kier alpha value is -3.88. The van der Waals surface area contributed by atoms with E-state index in [0.29, 0.717) is 38.7 Å². The number of halogens is 3. The summed E-state index contributed by atoms with van der Waals surface area (Å²) in [5.41, 5.74) is 2.83. The van der Waals surface area contributed by atoms with E-state index < -0.39 is 11.9 Å². The van der Waals surface area contributed by atoms with E-state index in [2.05, 4.69) is 20.7 Å². The second-order valence-electron chi connectivity index (χ2n) is 8.11. The standard InChI is InChI=1S/C26H20Cl2FN5O2/c1-15-23(25(35)33-18-9-7-17(27)8-10-18)24(34-26(32-15)30-14-31-34)16-5-11-19(12-6-16)36-13-20-21(28)3-2-4-22(20)29/h2-12,14,24H,13H2,1H3,(H,33,35)(H,30,31,32). The number of hydrogen-bond acceptors (Lipinski definition) is 5. The molecule has 0 bridgehead atoms. The number of hydrogen-bond donors (Lipinski definition) is 2. The number of nitrogens with zero attached hydrogens (tertiary/aromatic N) is 3. The number of aromatic nitrogens is 3. The lowest BCUT2D eigenvalue weighted by atomic mass is 9.95. The molecule has 3 aromatic carbocycles. The molecule has 0 radical (unpaired) electrons. The van der Waals surface area contributed by atoms with Crippen molar-refractivity contribution in [1.82, 2.24) is 14.8 Å². The van der Waals surface area contributed by atoms with E-state index in [4.69, 9.17) is 27.9 Å². The van der Waals surface area contributed by atoms with Gasteiger partial charge in [0.1, 0.15) is 30.5 Å². The average molecular weight is 524 g/mol. The normalized spacial score (nSPS) is 14.7. The molecule has 1 aliphatic rings. The SMILES string of the molecule is CC1=C(C(=O)Nc2ccc(Cl)cc2)C(c2ccc(OCc3c(F)cccc3Cl)cc2)n2ncnc2N1. The highest BCUT2D eigenvalue weighted by molar-refractivity contribution is 6.31. The van der Waals surface area contributed by atoms with Crippen LogP contribution >= 0.6 is 23.2 Å². The Labute approximate surface area is 216 Å². The highest BCUT2D eigenvalue weighted by Crippen LogP contribution is 2.36. The van der Waals surface area contributed by atoms with E-state index in [1.165, 1.54) is 12.4 Å². The van der Waals surface area contributed by atoms with Gasteiger partial charge in [-0.05, 0) is 61.0 Å². The van der Waals surface area contributed by atoms with Crippen LogP contribution in [0.1, 0.15) is 24.1 Å². The van der Waals surface area contributed by atoms with Crippen molar-refractivity contribution in [2.45, 2.75) is 19.6 Å². The number of rotatable bonds is 6. The number of nitrogens with one attached hydrogen (secondary N) is 2. The number of amides is 1. The van der Waals surface area contributed by atoms with Gasteiger partial charge in [-0.25, -0.2) is 9.07 Å². The second-order valence-corrected chi connectivity index (χ2v) is 8.96. The summed E-state index contributed by atoms with van der Waals surface area (Å²) in [6, 6.07) is 18.0. The molecule has 10 heteroatoms. The van der Waals surface area contributed by atoms with E-state index in [1.54, 1.807) is 53.2 Å². The topological polar surface area (TPSA) is 81.1 Å². The summed E-state index contributed by atoms with van der Waals surface area (Å²) < 4.78 is 21.5. The third kappa shape index (κ3) is 4.78. The third-order valence-electron chi connectivity index (χ3n) is 5.78. The van der Waals surface area contributed by atoms with Gasteiger partial charge in [0.25, 0.3) is 5.91 Å². The Morgan fingerprint density at radius 2 is 1.86 bits per heavy atom. The molecular formula is C26H20Cl2FN5O2. The molecule has 36 heavy (non-hydrogen) atoms. The molecule has 0 saturated carbocycles. The van der Waals surface area contributed by atoms with Crippen molar-refractivity contribution < 1.29 is 13.9 Å². The molecule has 0 fully saturated rings. The number of carbonyl (C=O) groups is 1. The van der Waals surface area contributed by atoms with Crippen molar-refractivity contribution in [3.8, 4) is 5.75 Å². The molecule has 1 aromatic heterocycles. The van der Waals surface area contributed by atoms with Crippen LogP contribution in [0.3, 0.4) is 0 Å². The number of anilines is 2. The number of carbonyl (C=O) groups excluding carboxylic acids is 1. The summed E-state index contributed by atoms with van der Waals surface area (Å²) in [5, 5.41) is 11.3. The maximum Gasteiger partial charge on any atom is 0.255 e. The first kappa shape index (κ1) is 23.8. The van der Waals surface area contributed by atoms with Crippen LogP contribution in [-0.4, -0.2) is 20.7 Å². The van der Waals surface area contributed by atoms with Crippen LogP contribution in [0.4, 0.5) is 16.0 Å². The first-order chi connectivity index (χ1) is 17.4. The van der Waals surface area contributed by atoms with Crippen LogP contribution in [0.5, 0.6) is 5.75 Å². The van der Waals surface area contributed by atoms with Gasteiger partial charge in [0, 0.05) is 22.0 Å². The lowest BCUT2D eigenvalue weighted by Crippen LogP contribution is -2.31. The molecule has 1 unspecified atom stereocenters. The first-order valence-electron chi connectivity index (χ1n) is 11.0. The largest absolute Gasteiger partial charge is 0.489 e. The molecule has 1 amide bonds. The van der Waals surface area contributed by atoms with E-state index in [1.807, 2.05) is 19.1 Å². The highest BCUT2D eigenvalue weighted by Gasteiger charge is 2.33. The number of ether oxygens (including phenoxy) is 1. The van der Waals surface area contributed by atoms with Gasteiger partial charge < -0.3 is 15.4 Å². The molecule has 1 atom stereocenters. The Morgan fingerprint density at radius 3 is 2.58 bits per heavy atom. The van der Waals surface area contributed by atoms with E-state index in [9.17, 15) is 9.18 Å². The molecule has 0 spiro atoms. The molecule has 4 aromatic rings. The van der Waals surface area contributed by atoms with Crippen molar-refractivity contribution in [1.29, 1.82) is 0 Å². The van der Waals surface area contributed by atoms with E-state index >= 15 is 0 Å². The first-order valence-corrected chi connectivity index (χ1v) is 11.8. The van der Waals surface area contributed by atoms with Crippen LogP contribution in [0, 0.1) is 5.82 Å². The fourth-order valence-corrected chi connectivity index (χ4v) is 4.34. The molecule has 0 saturated heterocycles. The Balaban J connectivity index is 1.41. The molecule has 1 aliphatic heterocycles. The molecule has 7 nitrogen and oxygen atoms in total. The fraction of sp³-hybridized carbons (Fsp3) is 0.115. The van der Waals surface area contributed by atoms with Crippen LogP contribution in [0.2, 0.25) is 10.0 Å². The Bertz CT molecular complexity index is 1430. The van der Waals surface area contributed by atoms with Crippen LogP contribution in [0.25, 0.3) is 0 Å². The maximum absolute atomic E-state index is 14.1. The van der Waals surface area contributed by atoms with Gasteiger partial charge in [0.2, 0.25) is 5.95 Å². The summed E-state index contributed by atoms with van der Waals surface area (Å²) in [5.74, 6) is 0.334. The van der Waals surface area contributed by atoms with E-state index in [-0.39, 0.29) is 18.1 Å². The smallest absolute Gasteiger partial charge is 0.255 e. The van der Waals surface area contributed by atoms with Gasteiger partial charge >= 0.3 is 0 Å². The fourth-order valence-electron chi connectivity index (χ4n) is 4.00. The summed E-state index contributed by atoms with van der Waals surface area (Å²) in [7, 11) is 0. The molecular weight excluding hydrogens is 504 g/mol. The zero-order chi connectivity index (χ0) is 25.2. The van der Waals surface area contributed by atoms with Gasteiger partial charge in [-0.15, -0.1) is 0 Å². The lowest BCUT2D eigenvalue weighted by Gasteiger charge is -2.28. The van der Waals surface area contributed by atoms with Crippen LogP contribution in [0.15, 0.2) is 84.3 Å². The summed E-state index contributed by atoms with van der Waals surface area (Å²) in [6.07, 6.45) is 1.43. The summed E-state index contributed by atoms with van der Waals surface area (Å²) >= 11 is 12.1. The third-order valence-corrected chi connectivity index (χ3v) is 6.39. The van der Waals surface area contributed by atoms with Gasteiger partial charge in [-0.3, -0.25) is 4.79 Å². The van der Waals surface area contributed by atoms with Gasteiger partial charge in [0.05, 0.1) is 10.6 Å². The van der Waals surface area contributed by atoms with E-state index in [0.717, 1.165) is 5.56 Å². The summed E-state index contributed by atoms with van der Waals surface area (Å²) in [4.78, 5) is 17.6. The Morgan fingerprint density at radius 1 is 1.11 bits per heavy atom. The quantitative estimate of drug-likeness (QED) is 0.313. The van der Waals surface area contributed by atoms with Crippen molar-refractivity contribution in [3.05, 3.63) is 111 Å². The molecule has 2 heterocycles. The average Bonchev–Trinajstić information content (AvgIpc) is 3.33. The predicted molar refractivity (Wildman–Crippen MR) is 137 cm³/mol. The van der Waals surface area contributed by atoms with Crippen molar-refractivity contribution >= 4 is 40.7 Å². The maximum atomic E-state index is 14.1. The van der Waals surface area contributed by atoms with Crippen LogP contribution in [-0.2, 0) is 11.4 Å². The van der Waals surface area contributed by atoms with Gasteiger partial charge in [-0.2, -0.15) is 10.1 Å². The predicted octanol–water partition coefficient (Wildman–Crippen LogP) is 6.23. The van der Waals surface area contributed by atoms with Crippen molar-refractivity contribution in [2.24, 2.45) is 0 Å². The number of benzene rings is 3. The summed E-state index contributed by atoms with van der Waals surface area (Å²) in [6.45, 7) is 1.80. The number of fused-ring (bicyclic) bond motifs is 1. The monoisotopic (exact) mass is 523 g/mol. The molecule has 0 aliphatic carbocycles. The zero-order valence-electron chi connectivity index (χ0n) is 19.0. The highest BCUT2D eigenvalue weighted by atomic mass is 35.5. The molecule has 5 rings (SSSR count). The minimum absolute atomic E-state index is 0.0147. The molecule has 182 valence electrons. The molecule has 2 N–H and O–H groups in total. The van der Waals surface area contributed by atoms with Crippen molar-refractivity contribution in [2.75, 3.05) is 10.6 Å². The second kappa shape index (κ2) is 10.0. The minimum atomic E-state index is -0.536. The lowest BCUT2D eigenvalue weighted by molar-refractivity contribution is -0.113. The number of allylic oxidation sites excluding steroid dienone is 1. The van der Waals surface area contributed by atoms with Crippen LogP contribution < -0.4 is 15.4 Å². The Kier molecular flexibility index (Phi) is 6.63.